The Balaban J connectivity index is 1.04. The molecule has 0 radical (unpaired) electrons. The number of pyridine rings is 1. The molecule has 5 heteroatoms. The average molecular weight is 569 g/mol. The molecule has 9 rings (SSSR count). The number of aromatic nitrogens is 2. The molecular weight excluding hydrogens is 540 g/mol. The minimum Gasteiger partial charge on any atom is -0.464 e. The van der Waals surface area contributed by atoms with Crippen LogP contribution in [0.2, 0.25) is 0 Å². The molecule has 2 aromatic heterocycles. The van der Waals surface area contributed by atoms with Crippen molar-refractivity contribution < 1.29 is 4.74 Å². The van der Waals surface area contributed by atoms with Crippen LogP contribution in [-0.4, -0.2) is 9.38 Å². The quantitative estimate of drug-likeness (QED) is 0.222. The van der Waals surface area contributed by atoms with Crippen LogP contribution in [0.4, 0.5) is 11.4 Å². The van der Waals surface area contributed by atoms with Crippen LogP contribution in [0.3, 0.4) is 0 Å². The first-order valence-electron chi connectivity index (χ1n) is 14.9. The van der Waals surface area contributed by atoms with Crippen molar-refractivity contribution in [2.75, 3.05) is 10.6 Å². The zero-order chi connectivity index (χ0) is 29.0. The van der Waals surface area contributed by atoms with E-state index < -0.39 is 0 Å². The number of nitrogens with one attached hydrogen (secondary N) is 2. The van der Waals surface area contributed by atoms with Gasteiger partial charge in [0, 0.05) is 40.3 Å². The lowest BCUT2D eigenvalue weighted by atomic mass is 9.85. The number of rotatable bonds is 4. The van der Waals surface area contributed by atoms with Crippen molar-refractivity contribution in [1.29, 1.82) is 0 Å². The van der Waals surface area contributed by atoms with E-state index in [1.165, 1.54) is 33.4 Å². The van der Waals surface area contributed by atoms with Gasteiger partial charge in [-0.1, -0.05) is 109 Å². The number of anilines is 2. The number of fused-ring (bicyclic) bond motifs is 6. The summed E-state index contributed by atoms with van der Waals surface area (Å²) in [4.78, 5) is 4.77. The van der Waals surface area contributed by atoms with Crippen LogP contribution in [-0.2, 0) is 0 Å². The first-order valence-corrected chi connectivity index (χ1v) is 14.9. The molecule has 44 heavy (non-hydrogen) atoms. The third kappa shape index (κ3) is 4.05. The second-order valence-corrected chi connectivity index (χ2v) is 11.4. The molecule has 5 aromatic carbocycles. The Morgan fingerprint density at radius 2 is 1.34 bits per heavy atom. The number of ether oxygens (including phenoxy) is 1. The third-order valence-electron chi connectivity index (χ3n) is 8.75. The fourth-order valence-corrected chi connectivity index (χ4v) is 6.54. The second-order valence-electron chi connectivity index (χ2n) is 11.4. The van der Waals surface area contributed by atoms with Gasteiger partial charge in [0.15, 0.2) is 6.23 Å². The minimum atomic E-state index is -0.212. The Labute approximate surface area is 255 Å². The van der Waals surface area contributed by atoms with Gasteiger partial charge in [-0.05, 0) is 46.5 Å². The summed E-state index contributed by atoms with van der Waals surface area (Å²) in [6, 6.07) is 46.8. The van der Waals surface area contributed by atoms with Gasteiger partial charge in [0.1, 0.15) is 11.4 Å². The largest absolute Gasteiger partial charge is 0.464 e. The SMILES string of the molecule is c1ccc(C2Nc3c(ccc4c3-c3ccccc3NC4c3ccc(-c4ccc(-c5cn6ccccc6n5)cc4)cc3)O2)cc1. The number of hydrogen-bond acceptors (Lipinski definition) is 4. The summed E-state index contributed by atoms with van der Waals surface area (Å²) in [5, 5.41) is 7.51. The molecule has 7 aromatic rings. The van der Waals surface area contributed by atoms with Gasteiger partial charge in [-0.25, -0.2) is 4.98 Å². The fraction of sp³-hybridized carbons (Fsp3) is 0.0513. The van der Waals surface area contributed by atoms with Gasteiger partial charge >= 0.3 is 0 Å². The summed E-state index contributed by atoms with van der Waals surface area (Å²) in [5.41, 5.74) is 13.5. The van der Waals surface area contributed by atoms with E-state index in [2.05, 4.69) is 118 Å². The molecule has 0 fully saturated rings. The molecule has 0 spiro atoms. The predicted octanol–water partition coefficient (Wildman–Crippen LogP) is 9.35. The van der Waals surface area contributed by atoms with E-state index in [4.69, 9.17) is 9.72 Å². The van der Waals surface area contributed by atoms with Crippen molar-refractivity contribution in [2.45, 2.75) is 12.3 Å². The van der Waals surface area contributed by atoms with Gasteiger partial charge < -0.3 is 19.8 Å². The Morgan fingerprint density at radius 3 is 2.16 bits per heavy atom. The molecule has 0 amide bonds. The van der Waals surface area contributed by atoms with Crippen molar-refractivity contribution in [1.82, 2.24) is 9.38 Å². The van der Waals surface area contributed by atoms with E-state index >= 15 is 0 Å². The normalized spacial score (nSPS) is 16.3. The van der Waals surface area contributed by atoms with E-state index in [0.29, 0.717) is 0 Å². The summed E-state index contributed by atoms with van der Waals surface area (Å²) >= 11 is 0. The fourth-order valence-electron chi connectivity index (χ4n) is 6.54. The molecule has 4 heterocycles. The lowest BCUT2D eigenvalue weighted by Gasteiger charge is -2.31. The van der Waals surface area contributed by atoms with E-state index in [-0.39, 0.29) is 12.3 Å². The number of hydrogen-bond donors (Lipinski definition) is 2. The Kier molecular flexibility index (Phi) is 5.56. The Morgan fingerprint density at radius 1 is 0.614 bits per heavy atom. The number of imidazole rings is 1. The van der Waals surface area contributed by atoms with Crippen molar-refractivity contribution in [3.05, 3.63) is 163 Å². The lowest BCUT2D eigenvalue weighted by Crippen LogP contribution is -2.18. The average Bonchev–Trinajstić information content (AvgIpc) is 3.74. The molecule has 2 unspecified atom stereocenters. The van der Waals surface area contributed by atoms with E-state index in [9.17, 15) is 0 Å². The minimum absolute atomic E-state index is 0.00856. The summed E-state index contributed by atoms with van der Waals surface area (Å²) in [7, 11) is 0. The van der Waals surface area contributed by atoms with Crippen LogP contribution >= 0.6 is 0 Å². The second kappa shape index (κ2) is 9.89. The van der Waals surface area contributed by atoms with Crippen LogP contribution in [0.5, 0.6) is 5.75 Å². The number of para-hydroxylation sites is 1. The molecule has 210 valence electrons. The summed E-state index contributed by atoms with van der Waals surface area (Å²) in [6.45, 7) is 0. The number of benzene rings is 5. The van der Waals surface area contributed by atoms with Crippen LogP contribution < -0.4 is 15.4 Å². The zero-order valence-electron chi connectivity index (χ0n) is 23.8. The van der Waals surface area contributed by atoms with Crippen molar-refractivity contribution in [2.24, 2.45) is 0 Å². The highest BCUT2D eigenvalue weighted by molar-refractivity contribution is 5.95. The highest BCUT2D eigenvalue weighted by atomic mass is 16.5. The monoisotopic (exact) mass is 568 g/mol. The highest BCUT2D eigenvalue weighted by Crippen LogP contribution is 2.52. The van der Waals surface area contributed by atoms with Crippen LogP contribution in [0.1, 0.15) is 29.0 Å². The molecule has 0 saturated heterocycles. The first kappa shape index (κ1) is 24.8. The van der Waals surface area contributed by atoms with Crippen molar-refractivity contribution >= 4 is 17.0 Å². The van der Waals surface area contributed by atoms with E-state index in [0.717, 1.165) is 39.6 Å². The van der Waals surface area contributed by atoms with Crippen molar-refractivity contribution in [3.63, 3.8) is 0 Å². The number of nitrogens with zero attached hydrogens (tertiary/aromatic N) is 2. The van der Waals surface area contributed by atoms with Crippen LogP contribution in [0, 0.1) is 0 Å². The van der Waals surface area contributed by atoms with E-state index in [1.54, 1.807) is 0 Å². The molecule has 0 aliphatic carbocycles. The Bertz CT molecular complexity index is 2120. The lowest BCUT2D eigenvalue weighted by molar-refractivity contribution is 0.260. The van der Waals surface area contributed by atoms with Gasteiger partial charge in [0.2, 0.25) is 0 Å². The molecule has 2 N–H and O–H groups in total. The van der Waals surface area contributed by atoms with E-state index in [1.807, 2.05) is 42.6 Å². The summed E-state index contributed by atoms with van der Waals surface area (Å²) in [6.07, 6.45) is 3.89. The zero-order valence-corrected chi connectivity index (χ0v) is 23.8. The molecule has 0 saturated carbocycles. The topological polar surface area (TPSA) is 50.6 Å². The summed E-state index contributed by atoms with van der Waals surface area (Å²) < 4.78 is 8.45. The maximum absolute atomic E-state index is 6.40. The van der Waals surface area contributed by atoms with Gasteiger partial charge in [-0.2, -0.15) is 0 Å². The molecule has 2 atom stereocenters. The highest BCUT2D eigenvalue weighted by Gasteiger charge is 2.33. The van der Waals surface area contributed by atoms with Gasteiger partial charge in [0.25, 0.3) is 0 Å². The molecule has 0 bridgehead atoms. The Hall–Kier alpha value is -5.81. The van der Waals surface area contributed by atoms with Gasteiger partial charge in [-0.15, -0.1) is 0 Å². The van der Waals surface area contributed by atoms with Gasteiger partial charge in [-0.3, -0.25) is 0 Å². The molecule has 2 aliphatic heterocycles. The van der Waals surface area contributed by atoms with Gasteiger partial charge in [0.05, 0.1) is 17.4 Å². The maximum atomic E-state index is 6.40. The molecule has 5 nitrogen and oxygen atoms in total. The van der Waals surface area contributed by atoms with Crippen molar-refractivity contribution in [3.8, 4) is 39.3 Å². The standard InChI is InChI=1S/C39H28N4O/c1-2-8-29(9-3-1)39-42-38-34(44-39)22-21-31-36(38)30-10-4-5-11-32(30)41-37(31)28-19-15-26(16-20-28)25-13-17-27(18-14-25)33-24-43-23-7-6-12-35(43)40-33/h1-24,37,39,41-42H. The maximum Gasteiger partial charge on any atom is 0.196 e. The smallest absolute Gasteiger partial charge is 0.196 e. The molecular formula is C39H28N4O. The third-order valence-corrected chi connectivity index (χ3v) is 8.75. The summed E-state index contributed by atoms with van der Waals surface area (Å²) in [5.74, 6) is 0.885. The molecule has 2 aliphatic rings. The first-order chi connectivity index (χ1) is 21.8. The predicted molar refractivity (Wildman–Crippen MR) is 177 cm³/mol. The van der Waals surface area contributed by atoms with Crippen LogP contribution in [0.15, 0.2) is 146 Å². The van der Waals surface area contributed by atoms with Crippen LogP contribution in [0.25, 0.3) is 39.2 Å².